The highest BCUT2D eigenvalue weighted by Gasteiger charge is 2.56. The summed E-state index contributed by atoms with van der Waals surface area (Å²) in [6.07, 6.45) is -4.34. The Bertz CT molecular complexity index is 494. The first-order valence-corrected chi connectivity index (χ1v) is 6.56. The molecule has 0 fully saturated rings. The minimum atomic E-state index is -5.54. The van der Waals surface area contributed by atoms with Crippen molar-refractivity contribution in [1.29, 1.82) is 0 Å². The summed E-state index contributed by atoms with van der Waals surface area (Å²) in [4.78, 5) is 11.5. The number of hydrogen-bond acceptors (Lipinski definition) is 2. The highest BCUT2D eigenvalue weighted by atomic mass is 19.4. The number of carbonyl (C=O) groups is 1. The summed E-state index contributed by atoms with van der Waals surface area (Å²) < 4.78 is 65.7. The number of halogens is 5. The average molecular weight is 322 g/mol. The van der Waals surface area contributed by atoms with Crippen LogP contribution in [0.15, 0.2) is 42.5 Å². The Balaban J connectivity index is 2.21. The lowest BCUT2D eigenvalue weighted by Gasteiger charge is -2.17. The fourth-order valence-electron chi connectivity index (χ4n) is 1.49. The van der Waals surface area contributed by atoms with Gasteiger partial charge in [-0.05, 0) is 25.0 Å². The monoisotopic (exact) mass is 322 g/mol. The number of alkyl halides is 5. The van der Waals surface area contributed by atoms with Crippen LogP contribution in [0.25, 0.3) is 0 Å². The largest absolute Gasteiger partial charge is 0.462 e. The third-order valence-corrected chi connectivity index (χ3v) is 2.71. The number of esters is 1. The molecule has 1 aromatic rings. The molecule has 1 rings (SSSR count). The zero-order valence-electron chi connectivity index (χ0n) is 11.6. The van der Waals surface area contributed by atoms with Gasteiger partial charge in [0.05, 0.1) is 12.2 Å². The maximum atomic E-state index is 12.6. The molecule has 0 aliphatic carbocycles. The fraction of sp³-hybridized carbons (Fsp3) is 0.400. The van der Waals surface area contributed by atoms with E-state index in [9.17, 15) is 26.7 Å². The number of unbranched alkanes of at least 4 members (excludes halogenated alkanes) is 1. The molecule has 1 aromatic carbocycles. The molecule has 0 unspecified atom stereocenters. The molecule has 0 atom stereocenters. The summed E-state index contributed by atoms with van der Waals surface area (Å²) in [5.41, 5.74) is 0.392. The van der Waals surface area contributed by atoms with Crippen molar-refractivity contribution in [1.82, 2.24) is 0 Å². The van der Waals surface area contributed by atoms with Crippen molar-refractivity contribution in [2.75, 3.05) is 6.61 Å². The topological polar surface area (TPSA) is 26.3 Å². The molecule has 0 bridgehead atoms. The maximum absolute atomic E-state index is 12.6. The van der Waals surface area contributed by atoms with Crippen LogP contribution in [0.4, 0.5) is 22.0 Å². The van der Waals surface area contributed by atoms with Gasteiger partial charge in [0.15, 0.2) is 0 Å². The van der Waals surface area contributed by atoms with Crippen molar-refractivity contribution in [3.05, 3.63) is 48.0 Å². The van der Waals surface area contributed by atoms with Crippen LogP contribution in [0.5, 0.6) is 0 Å². The van der Waals surface area contributed by atoms with E-state index in [-0.39, 0.29) is 13.0 Å². The van der Waals surface area contributed by atoms with Crippen LogP contribution in [-0.4, -0.2) is 24.7 Å². The third kappa shape index (κ3) is 5.83. The molecule has 0 N–H and O–H groups in total. The van der Waals surface area contributed by atoms with Gasteiger partial charge in [-0.25, -0.2) is 4.79 Å². The van der Waals surface area contributed by atoms with Crippen molar-refractivity contribution < 1.29 is 31.5 Å². The molecule has 0 saturated heterocycles. The molecule has 0 aromatic heterocycles. The predicted molar refractivity (Wildman–Crippen MR) is 70.7 cm³/mol. The predicted octanol–water partition coefficient (Wildman–Crippen LogP) is 4.77. The Hall–Kier alpha value is -1.92. The average Bonchev–Trinajstić information content (AvgIpc) is 2.45. The molecule has 0 spiro atoms. The van der Waals surface area contributed by atoms with E-state index in [1.807, 2.05) is 0 Å². The molecule has 0 aliphatic heterocycles. The van der Waals surface area contributed by atoms with Crippen LogP contribution in [0.1, 0.15) is 29.6 Å². The van der Waals surface area contributed by atoms with E-state index in [1.165, 1.54) is 6.08 Å². The zero-order chi connectivity index (χ0) is 16.6. The molecule has 7 heteroatoms. The molecular weight excluding hydrogens is 307 g/mol. The van der Waals surface area contributed by atoms with E-state index in [0.717, 1.165) is 6.08 Å². The van der Waals surface area contributed by atoms with Crippen molar-refractivity contribution >= 4 is 5.97 Å². The SMILES string of the molecule is O=C(OCCC/C=C/CC(F)(F)C(F)(F)F)c1ccccc1. The molecule has 2 nitrogen and oxygen atoms in total. The van der Waals surface area contributed by atoms with E-state index in [0.29, 0.717) is 12.0 Å². The van der Waals surface area contributed by atoms with Crippen molar-refractivity contribution in [3.8, 4) is 0 Å². The Morgan fingerprint density at radius 3 is 2.27 bits per heavy atom. The number of benzene rings is 1. The molecule has 0 aliphatic rings. The van der Waals surface area contributed by atoms with Gasteiger partial charge in [0.1, 0.15) is 0 Å². The second-order valence-electron chi connectivity index (χ2n) is 4.52. The van der Waals surface area contributed by atoms with Crippen molar-refractivity contribution in [3.63, 3.8) is 0 Å². The minimum absolute atomic E-state index is 0.0632. The van der Waals surface area contributed by atoms with Gasteiger partial charge in [-0.1, -0.05) is 30.4 Å². The van der Waals surface area contributed by atoms with Crippen molar-refractivity contribution in [2.45, 2.75) is 31.4 Å². The van der Waals surface area contributed by atoms with Gasteiger partial charge in [0, 0.05) is 6.42 Å². The summed E-state index contributed by atoms with van der Waals surface area (Å²) in [5.74, 6) is -5.23. The van der Waals surface area contributed by atoms with Gasteiger partial charge < -0.3 is 4.74 Å². The Kier molecular flexibility index (Phi) is 6.52. The molecule has 0 radical (unpaired) electrons. The number of ether oxygens (including phenoxy) is 1. The number of hydrogen-bond donors (Lipinski definition) is 0. The summed E-state index contributed by atoms with van der Waals surface area (Å²) >= 11 is 0. The van der Waals surface area contributed by atoms with Crippen LogP contribution >= 0.6 is 0 Å². The van der Waals surface area contributed by atoms with E-state index >= 15 is 0 Å². The van der Waals surface area contributed by atoms with E-state index < -0.39 is 24.5 Å². The molecule has 0 saturated carbocycles. The summed E-state index contributed by atoms with van der Waals surface area (Å²) in [7, 11) is 0. The Morgan fingerprint density at radius 1 is 1.05 bits per heavy atom. The normalized spacial score (nSPS) is 12.6. The minimum Gasteiger partial charge on any atom is -0.462 e. The Labute approximate surface area is 124 Å². The van der Waals surface area contributed by atoms with Crippen LogP contribution < -0.4 is 0 Å². The summed E-state index contributed by atoms with van der Waals surface area (Å²) in [5, 5.41) is 0. The van der Waals surface area contributed by atoms with E-state index in [1.54, 1.807) is 30.3 Å². The molecule has 122 valence electrons. The third-order valence-electron chi connectivity index (χ3n) is 2.71. The smallest absolute Gasteiger partial charge is 0.453 e. The van der Waals surface area contributed by atoms with Gasteiger partial charge in [-0.15, -0.1) is 0 Å². The first-order chi connectivity index (χ1) is 10.2. The summed E-state index contributed by atoms with van der Waals surface area (Å²) in [6.45, 7) is 0.0632. The number of rotatable bonds is 7. The molecule has 0 heterocycles. The van der Waals surface area contributed by atoms with Crippen LogP contribution in [0.3, 0.4) is 0 Å². The molecular formula is C15H15F5O2. The van der Waals surface area contributed by atoms with Gasteiger partial charge in [-0.3, -0.25) is 0 Å². The zero-order valence-corrected chi connectivity index (χ0v) is 11.6. The van der Waals surface area contributed by atoms with Crippen LogP contribution in [0, 0.1) is 0 Å². The van der Waals surface area contributed by atoms with Gasteiger partial charge in [-0.2, -0.15) is 22.0 Å². The van der Waals surface area contributed by atoms with Gasteiger partial charge in [0.2, 0.25) is 0 Å². The second kappa shape index (κ2) is 7.91. The molecule has 22 heavy (non-hydrogen) atoms. The number of allylic oxidation sites excluding steroid dienone is 2. The Morgan fingerprint density at radius 2 is 1.68 bits per heavy atom. The highest BCUT2D eigenvalue weighted by molar-refractivity contribution is 5.89. The van der Waals surface area contributed by atoms with E-state index in [2.05, 4.69) is 0 Å². The lowest BCUT2D eigenvalue weighted by atomic mass is 10.2. The standard InChI is InChI=1S/C15H15F5O2/c16-14(17,15(18,19)20)10-6-1-2-7-11-22-13(21)12-8-4-3-5-9-12/h1,3-6,8-9H,2,7,10-11H2/b6-1+. The fourth-order valence-corrected chi connectivity index (χ4v) is 1.49. The highest BCUT2D eigenvalue weighted by Crippen LogP contribution is 2.38. The number of carbonyl (C=O) groups excluding carboxylic acids is 1. The van der Waals surface area contributed by atoms with Gasteiger partial charge in [0.25, 0.3) is 0 Å². The summed E-state index contributed by atoms with van der Waals surface area (Å²) in [6, 6.07) is 8.28. The lowest BCUT2D eigenvalue weighted by molar-refractivity contribution is -0.280. The quantitative estimate of drug-likeness (QED) is 0.313. The second-order valence-corrected chi connectivity index (χ2v) is 4.52. The maximum Gasteiger partial charge on any atom is 0.453 e. The first-order valence-electron chi connectivity index (χ1n) is 6.56. The lowest BCUT2D eigenvalue weighted by Crippen LogP contribution is -2.35. The van der Waals surface area contributed by atoms with Crippen LogP contribution in [-0.2, 0) is 4.74 Å². The molecule has 0 amide bonds. The van der Waals surface area contributed by atoms with Crippen molar-refractivity contribution in [2.24, 2.45) is 0 Å². The van der Waals surface area contributed by atoms with Crippen LogP contribution in [0.2, 0.25) is 0 Å². The van der Waals surface area contributed by atoms with Gasteiger partial charge >= 0.3 is 18.1 Å². The van der Waals surface area contributed by atoms with E-state index in [4.69, 9.17) is 4.74 Å². The first kappa shape index (κ1) is 18.1.